The van der Waals surface area contributed by atoms with Crippen molar-refractivity contribution in [3.8, 4) is 0 Å². The number of methoxy groups -OCH3 is 1. The number of benzene rings is 2. The molecule has 0 aliphatic heterocycles. The molecule has 2 rings (SSSR count). The highest BCUT2D eigenvalue weighted by Crippen LogP contribution is 2.23. The summed E-state index contributed by atoms with van der Waals surface area (Å²) < 4.78 is 4.68. The van der Waals surface area contributed by atoms with Crippen LogP contribution < -0.4 is 10.6 Å². The van der Waals surface area contributed by atoms with Crippen LogP contribution in [-0.4, -0.2) is 25.5 Å². The molecule has 2 aromatic carbocycles. The zero-order valence-corrected chi connectivity index (χ0v) is 15.0. The van der Waals surface area contributed by atoms with Gasteiger partial charge in [-0.05, 0) is 30.7 Å². The molecule has 0 aliphatic carbocycles. The van der Waals surface area contributed by atoms with Gasteiger partial charge in [-0.2, -0.15) is 0 Å². The molecule has 2 aromatic rings. The minimum atomic E-state index is -0.435. The van der Waals surface area contributed by atoms with Gasteiger partial charge in [0.25, 0.3) is 0 Å². The van der Waals surface area contributed by atoms with E-state index in [4.69, 9.17) is 11.6 Å². The van der Waals surface area contributed by atoms with Gasteiger partial charge in [0.2, 0.25) is 5.91 Å². The van der Waals surface area contributed by atoms with E-state index in [9.17, 15) is 9.59 Å². The SMILES string of the molecule is COC(=O)c1ccc(Cl)c(NCCC(=O)NCc2cccc(C)c2)c1. The Morgan fingerprint density at radius 1 is 1.16 bits per heavy atom. The number of aryl methyl sites for hydroxylation is 1. The fraction of sp³-hybridized carbons (Fsp3) is 0.263. The molecule has 0 atom stereocenters. The molecule has 0 unspecified atom stereocenters. The van der Waals surface area contributed by atoms with Gasteiger partial charge in [-0.25, -0.2) is 4.79 Å². The van der Waals surface area contributed by atoms with Gasteiger partial charge in [0.1, 0.15) is 0 Å². The topological polar surface area (TPSA) is 67.4 Å². The standard InChI is InChI=1S/C19H21ClN2O3/c1-13-4-3-5-14(10-13)12-22-18(23)8-9-21-17-11-15(19(24)25-2)6-7-16(17)20/h3-7,10-11,21H,8-9,12H2,1-2H3,(H,22,23). The Kier molecular flexibility index (Phi) is 6.83. The van der Waals surface area contributed by atoms with Crippen molar-refractivity contribution in [2.75, 3.05) is 19.0 Å². The van der Waals surface area contributed by atoms with Crippen molar-refractivity contribution in [1.82, 2.24) is 5.32 Å². The molecule has 6 heteroatoms. The predicted octanol–water partition coefficient (Wildman–Crippen LogP) is 3.55. The molecular formula is C19H21ClN2O3. The summed E-state index contributed by atoms with van der Waals surface area (Å²) in [5.41, 5.74) is 3.22. The minimum Gasteiger partial charge on any atom is -0.465 e. The van der Waals surface area contributed by atoms with E-state index >= 15 is 0 Å². The molecule has 0 aliphatic rings. The Hall–Kier alpha value is -2.53. The Balaban J connectivity index is 1.82. The van der Waals surface area contributed by atoms with Crippen molar-refractivity contribution < 1.29 is 14.3 Å². The van der Waals surface area contributed by atoms with E-state index in [2.05, 4.69) is 15.4 Å². The second kappa shape index (κ2) is 9.08. The average molecular weight is 361 g/mol. The Morgan fingerprint density at radius 2 is 1.96 bits per heavy atom. The summed E-state index contributed by atoms with van der Waals surface area (Å²) in [5, 5.41) is 6.43. The molecule has 0 spiro atoms. The first-order chi connectivity index (χ1) is 12.0. The van der Waals surface area contributed by atoms with Gasteiger partial charge in [0.05, 0.1) is 23.4 Å². The van der Waals surface area contributed by atoms with Crippen LogP contribution in [0.5, 0.6) is 0 Å². The Labute approximate surface area is 152 Å². The maximum atomic E-state index is 11.9. The van der Waals surface area contributed by atoms with Gasteiger partial charge in [-0.3, -0.25) is 4.79 Å². The third kappa shape index (κ3) is 5.80. The van der Waals surface area contributed by atoms with Gasteiger partial charge >= 0.3 is 5.97 Å². The highest BCUT2D eigenvalue weighted by atomic mass is 35.5. The summed E-state index contributed by atoms with van der Waals surface area (Å²) in [6, 6.07) is 12.8. The van der Waals surface area contributed by atoms with E-state index < -0.39 is 5.97 Å². The molecule has 2 N–H and O–H groups in total. The molecule has 0 heterocycles. The van der Waals surface area contributed by atoms with E-state index in [1.54, 1.807) is 18.2 Å². The number of amides is 1. The lowest BCUT2D eigenvalue weighted by molar-refractivity contribution is -0.121. The summed E-state index contributed by atoms with van der Waals surface area (Å²) in [5.74, 6) is -0.495. The monoisotopic (exact) mass is 360 g/mol. The Morgan fingerprint density at radius 3 is 2.68 bits per heavy atom. The van der Waals surface area contributed by atoms with Crippen molar-refractivity contribution >= 4 is 29.2 Å². The van der Waals surface area contributed by atoms with Crippen LogP contribution in [0.25, 0.3) is 0 Å². The number of hydrogen-bond donors (Lipinski definition) is 2. The van der Waals surface area contributed by atoms with Gasteiger partial charge in [0, 0.05) is 19.5 Å². The largest absolute Gasteiger partial charge is 0.465 e. The molecule has 0 bridgehead atoms. The van der Waals surface area contributed by atoms with E-state index in [1.165, 1.54) is 7.11 Å². The van der Waals surface area contributed by atoms with Crippen molar-refractivity contribution in [3.05, 3.63) is 64.2 Å². The van der Waals surface area contributed by atoms with Crippen LogP contribution in [0.1, 0.15) is 27.9 Å². The zero-order valence-electron chi connectivity index (χ0n) is 14.3. The van der Waals surface area contributed by atoms with Crippen LogP contribution in [0.2, 0.25) is 5.02 Å². The van der Waals surface area contributed by atoms with E-state index in [0.717, 1.165) is 11.1 Å². The number of carbonyl (C=O) groups is 2. The second-order valence-electron chi connectivity index (χ2n) is 5.63. The molecule has 132 valence electrons. The lowest BCUT2D eigenvalue weighted by Crippen LogP contribution is -2.25. The number of halogens is 1. The molecule has 5 nitrogen and oxygen atoms in total. The summed E-state index contributed by atoms with van der Waals surface area (Å²) in [7, 11) is 1.32. The lowest BCUT2D eigenvalue weighted by Gasteiger charge is -2.10. The second-order valence-corrected chi connectivity index (χ2v) is 6.04. The molecule has 0 aromatic heterocycles. The number of anilines is 1. The summed E-state index contributed by atoms with van der Waals surface area (Å²) in [4.78, 5) is 23.5. The zero-order chi connectivity index (χ0) is 18.2. The Bertz CT molecular complexity index is 762. The number of hydrogen-bond acceptors (Lipinski definition) is 4. The van der Waals surface area contributed by atoms with Crippen molar-refractivity contribution in [2.24, 2.45) is 0 Å². The van der Waals surface area contributed by atoms with Gasteiger partial charge in [0.15, 0.2) is 0 Å². The predicted molar refractivity (Wildman–Crippen MR) is 98.9 cm³/mol. The first-order valence-corrected chi connectivity index (χ1v) is 8.31. The maximum absolute atomic E-state index is 11.9. The maximum Gasteiger partial charge on any atom is 0.337 e. The average Bonchev–Trinajstić information content (AvgIpc) is 2.61. The normalized spacial score (nSPS) is 10.2. The van der Waals surface area contributed by atoms with Crippen LogP contribution in [0.3, 0.4) is 0 Å². The quantitative estimate of drug-likeness (QED) is 0.741. The molecule has 0 fully saturated rings. The van der Waals surface area contributed by atoms with Gasteiger partial charge < -0.3 is 15.4 Å². The minimum absolute atomic E-state index is 0.0609. The third-order valence-electron chi connectivity index (χ3n) is 3.63. The highest BCUT2D eigenvalue weighted by Gasteiger charge is 2.09. The number of rotatable bonds is 7. The summed E-state index contributed by atoms with van der Waals surface area (Å²) >= 11 is 6.10. The summed E-state index contributed by atoms with van der Waals surface area (Å²) in [6.07, 6.45) is 0.296. The molecule has 1 amide bonds. The van der Waals surface area contributed by atoms with Crippen LogP contribution in [0.4, 0.5) is 5.69 Å². The molecule has 0 radical (unpaired) electrons. The van der Waals surface area contributed by atoms with Crippen molar-refractivity contribution in [3.63, 3.8) is 0 Å². The van der Waals surface area contributed by atoms with Crippen molar-refractivity contribution in [1.29, 1.82) is 0 Å². The van der Waals surface area contributed by atoms with E-state index in [1.807, 2.05) is 31.2 Å². The van der Waals surface area contributed by atoms with E-state index in [-0.39, 0.29) is 5.91 Å². The molecule has 0 saturated heterocycles. The number of nitrogens with one attached hydrogen (secondary N) is 2. The molecular weight excluding hydrogens is 340 g/mol. The third-order valence-corrected chi connectivity index (χ3v) is 3.96. The molecule has 25 heavy (non-hydrogen) atoms. The summed E-state index contributed by atoms with van der Waals surface area (Å²) in [6.45, 7) is 2.92. The van der Waals surface area contributed by atoms with Gasteiger partial charge in [-0.15, -0.1) is 0 Å². The number of esters is 1. The van der Waals surface area contributed by atoms with Crippen LogP contribution in [0.15, 0.2) is 42.5 Å². The van der Waals surface area contributed by atoms with Crippen molar-refractivity contribution in [2.45, 2.75) is 19.9 Å². The fourth-order valence-electron chi connectivity index (χ4n) is 2.33. The first kappa shape index (κ1) is 18.8. The van der Waals surface area contributed by atoms with Crippen LogP contribution in [0, 0.1) is 6.92 Å². The smallest absolute Gasteiger partial charge is 0.337 e. The van der Waals surface area contributed by atoms with Crippen LogP contribution >= 0.6 is 11.6 Å². The van der Waals surface area contributed by atoms with Crippen LogP contribution in [-0.2, 0) is 16.1 Å². The fourth-order valence-corrected chi connectivity index (χ4v) is 2.51. The lowest BCUT2D eigenvalue weighted by atomic mass is 10.1. The molecule has 0 saturated carbocycles. The van der Waals surface area contributed by atoms with E-state index in [0.29, 0.717) is 35.8 Å². The number of ether oxygens (including phenoxy) is 1. The first-order valence-electron chi connectivity index (χ1n) is 7.93. The van der Waals surface area contributed by atoms with Gasteiger partial charge in [-0.1, -0.05) is 41.4 Å². The number of carbonyl (C=O) groups excluding carboxylic acids is 2. The highest BCUT2D eigenvalue weighted by molar-refractivity contribution is 6.33.